The van der Waals surface area contributed by atoms with Crippen molar-refractivity contribution in [1.29, 1.82) is 0 Å². The van der Waals surface area contributed by atoms with Gasteiger partial charge in [0.05, 0.1) is 25.4 Å². The summed E-state index contributed by atoms with van der Waals surface area (Å²) in [6.07, 6.45) is -2.42. The molecule has 0 spiro atoms. The minimum atomic E-state index is -1.11. The van der Waals surface area contributed by atoms with Crippen LogP contribution in [0.15, 0.2) is 11.0 Å². The molecule has 1 fully saturated rings. The van der Waals surface area contributed by atoms with Crippen LogP contribution >= 0.6 is 0 Å². The Kier molecular flexibility index (Phi) is 6.30. The summed E-state index contributed by atoms with van der Waals surface area (Å²) in [5.74, 6) is 5.44. The first-order chi connectivity index (χ1) is 11.5. The van der Waals surface area contributed by atoms with Gasteiger partial charge in [-0.25, -0.2) is 4.79 Å². The van der Waals surface area contributed by atoms with E-state index in [-0.39, 0.29) is 12.4 Å². The molecule has 1 aliphatic heterocycles. The van der Waals surface area contributed by atoms with E-state index < -0.39 is 36.8 Å². The number of hydrogen-bond donors (Lipinski definition) is 3. The average Bonchev–Trinajstić information content (AvgIpc) is 2.87. The van der Waals surface area contributed by atoms with Gasteiger partial charge in [0.15, 0.2) is 6.23 Å². The van der Waals surface area contributed by atoms with Crippen molar-refractivity contribution in [3.05, 3.63) is 22.2 Å². The second-order valence-corrected chi connectivity index (χ2v) is 5.17. The second kappa shape index (κ2) is 8.23. The number of aliphatic hydroxyl groups excluding tert-OH is 2. The number of aromatic nitrogens is 2. The molecule has 0 radical (unpaired) electrons. The maximum Gasteiger partial charge on any atom is 0.351 e. The van der Waals surface area contributed by atoms with Gasteiger partial charge in [0, 0.05) is 13.3 Å². The van der Waals surface area contributed by atoms with Crippen LogP contribution in [-0.2, 0) is 14.2 Å². The lowest BCUT2D eigenvalue weighted by atomic mass is 10.1. The predicted octanol–water partition coefficient (Wildman–Crippen LogP) is -1.52. The van der Waals surface area contributed by atoms with Crippen LogP contribution < -0.4 is 11.4 Å². The van der Waals surface area contributed by atoms with Crippen LogP contribution in [-0.4, -0.2) is 65.0 Å². The molecule has 24 heavy (non-hydrogen) atoms. The fourth-order valence-corrected chi connectivity index (χ4v) is 2.44. The van der Waals surface area contributed by atoms with E-state index in [2.05, 4.69) is 16.8 Å². The molecule has 2 heterocycles. The van der Waals surface area contributed by atoms with Crippen LogP contribution in [0.1, 0.15) is 18.7 Å². The van der Waals surface area contributed by atoms with Crippen molar-refractivity contribution < 1.29 is 24.4 Å². The number of nitrogens with zero attached hydrogens (tertiary/aromatic N) is 2. The normalized spacial score (nSPS) is 26.2. The van der Waals surface area contributed by atoms with Crippen LogP contribution in [0.25, 0.3) is 0 Å². The molecule has 1 aromatic heterocycles. The van der Waals surface area contributed by atoms with Gasteiger partial charge in [-0.1, -0.05) is 5.92 Å². The number of aliphatic hydroxyl groups is 2. The highest BCUT2D eigenvalue weighted by Crippen LogP contribution is 2.31. The molecule has 4 N–H and O–H groups in total. The van der Waals surface area contributed by atoms with Crippen molar-refractivity contribution in [2.24, 2.45) is 0 Å². The maximum absolute atomic E-state index is 12.2. The minimum Gasteiger partial charge on any atom is -0.394 e. The molecule has 132 valence electrons. The average molecular weight is 339 g/mol. The Morgan fingerprint density at radius 2 is 2.25 bits per heavy atom. The maximum atomic E-state index is 12.2. The van der Waals surface area contributed by atoms with Crippen LogP contribution in [0.3, 0.4) is 0 Å². The Hall–Kier alpha value is -1.96. The third-order valence-corrected chi connectivity index (χ3v) is 3.61. The Bertz CT molecular complexity index is 680. The molecule has 0 unspecified atom stereocenters. The van der Waals surface area contributed by atoms with E-state index in [0.717, 1.165) is 4.57 Å². The summed E-state index contributed by atoms with van der Waals surface area (Å²) in [7, 11) is 1.52. The van der Waals surface area contributed by atoms with E-state index in [1.165, 1.54) is 13.3 Å². The largest absolute Gasteiger partial charge is 0.394 e. The third kappa shape index (κ3) is 3.75. The van der Waals surface area contributed by atoms with Crippen LogP contribution in [0.5, 0.6) is 0 Å². The fraction of sp³-hybridized carbons (Fsp3) is 0.600. The van der Waals surface area contributed by atoms with E-state index in [0.29, 0.717) is 12.2 Å². The zero-order valence-electron chi connectivity index (χ0n) is 13.5. The highest BCUT2D eigenvalue weighted by Gasteiger charge is 2.45. The van der Waals surface area contributed by atoms with Gasteiger partial charge in [0.25, 0.3) is 0 Å². The topological polar surface area (TPSA) is 129 Å². The predicted molar refractivity (Wildman–Crippen MR) is 84.1 cm³/mol. The van der Waals surface area contributed by atoms with Gasteiger partial charge in [-0.3, -0.25) is 4.57 Å². The first kappa shape index (κ1) is 18.4. The van der Waals surface area contributed by atoms with Crippen molar-refractivity contribution in [3.63, 3.8) is 0 Å². The van der Waals surface area contributed by atoms with Crippen LogP contribution in [0.4, 0.5) is 5.82 Å². The summed E-state index contributed by atoms with van der Waals surface area (Å²) >= 11 is 0. The smallest absolute Gasteiger partial charge is 0.351 e. The van der Waals surface area contributed by atoms with Crippen molar-refractivity contribution >= 4 is 5.82 Å². The lowest BCUT2D eigenvalue weighted by Gasteiger charge is -2.22. The molecule has 0 saturated carbocycles. The van der Waals surface area contributed by atoms with E-state index in [4.69, 9.17) is 19.9 Å². The molecule has 9 nitrogen and oxygen atoms in total. The highest BCUT2D eigenvalue weighted by atomic mass is 16.6. The number of anilines is 1. The van der Waals surface area contributed by atoms with E-state index in [1.54, 1.807) is 6.92 Å². The minimum absolute atomic E-state index is 0.0136. The van der Waals surface area contributed by atoms with Gasteiger partial charge >= 0.3 is 5.69 Å². The molecule has 0 aromatic carbocycles. The quantitative estimate of drug-likeness (QED) is 0.421. The molecule has 4 atom stereocenters. The fourth-order valence-electron chi connectivity index (χ4n) is 2.44. The zero-order chi connectivity index (χ0) is 17.7. The summed E-state index contributed by atoms with van der Waals surface area (Å²) in [5, 5.41) is 19.6. The molecule has 1 aromatic rings. The lowest BCUT2D eigenvalue weighted by molar-refractivity contribution is -0.0819. The van der Waals surface area contributed by atoms with Gasteiger partial charge in [0.1, 0.15) is 24.1 Å². The second-order valence-electron chi connectivity index (χ2n) is 5.17. The molecule has 1 saturated heterocycles. The summed E-state index contributed by atoms with van der Waals surface area (Å²) in [4.78, 5) is 15.9. The molecule has 0 bridgehead atoms. The SMILES string of the molecule is CC#Cc1cn([C@@H]2O[C@H](CO)[C@@H](O)[C@H]2OCCOC)c(=O)nc1N. The van der Waals surface area contributed by atoms with Gasteiger partial charge in [-0.05, 0) is 6.92 Å². The Morgan fingerprint density at radius 1 is 1.50 bits per heavy atom. The number of methoxy groups -OCH3 is 1. The zero-order valence-corrected chi connectivity index (χ0v) is 13.5. The summed E-state index contributed by atoms with van der Waals surface area (Å²) in [6.45, 7) is 1.71. The first-order valence-corrected chi connectivity index (χ1v) is 7.39. The van der Waals surface area contributed by atoms with Crippen molar-refractivity contribution in [2.75, 3.05) is 32.7 Å². The number of rotatable bonds is 6. The van der Waals surface area contributed by atoms with Crippen molar-refractivity contribution in [2.45, 2.75) is 31.5 Å². The molecule has 9 heteroatoms. The molecular formula is C15H21N3O6. The molecule has 2 rings (SSSR count). The van der Waals surface area contributed by atoms with E-state index >= 15 is 0 Å². The Labute approximate surface area is 139 Å². The standard InChI is InChI=1S/C15H21N3O6/c1-3-4-9-7-18(15(21)17-13(9)16)14-12(23-6-5-22-2)11(20)10(8-19)24-14/h7,10-12,14,19-20H,5-6,8H2,1-2H3,(H2,16,17,21)/t10-,11-,12-,14-/m1/s1. The molecule has 1 aliphatic rings. The summed E-state index contributed by atoms with van der Waals surface area (Å²) in [6, 6.07) is 0. The van der Waals surface area contributed by atoms with Crippen molar-refractivity contribution in [3.8, 4) is 11.8 Å². The number of hydrogen-bond acceptors (Lipinski definition) is 8. The van der Waals surface area contributed by atoms with Crippen LogP contribution in [0, 0.1) is 11.8 Å². The van der Waals surface area contributed by atoms with Gasteiger partial charge < -0.3 is 30.2 Å². The first-order valence-electron chi connectivity index (χ1n) is 7.39. The van der Waals surface area contributed by atoms with Gasteiger partial charge in [-0.2, -0.15) is 4.98 Å². The van der Waals surface area contributed by atoms with Gasteiger partial charge in [0.2, 0.25) is 0 Å². The summed E-state index contributed by atoms with van der Waals surface area (Å²) in [5.41, 5.74) is 5.38. The van der Waals surface area contributed by atoms with E-state index in [9.17, 15) is 15.0 Å². The molecular weight excluding hydrogens is 318 g/mol. The highest BCUT2D eigenvalue weighted by molar-refractivity contribution is 5.48. The van der Waals surface area contributed by atoms with Gasteiger partial charge in [-0.15, -0.1) is 5.92 Å². The molecule has 0 amide bonds. The number of nitrogen functional groups attached to an aromatic ring is 1. The van der Waals surface area contributed by atoms with E-state index in [1.807, 2.05) is 0 Å². The van der Waals surface area contributed by atoms with Crippen molar-refractivity contribution in [1.82, 2.24) is 9.55 Å². The monoisotopic (exact) mass is 339 g/mol. The summed E-state index contributed by atoms with van der Waals surface area (Å²) < 4.78 is 17.2. The number of ether oxygens (including phenoxy) is 3. The lowest BCUT2D eigenvalue weighted by Crippen LogP contribution is -2.39. The Morgan fingerprint density at radius 3 is 2.88 bits per heavy atom. The number of nitrogens with two attached hydrogens (primary N) is 1. The third-order valence-electron chi connectivity index (χ3n) is 3.61. The Balaban J connectivity index is 2.37. The van der Waals surface area contributed by atoms with Crippen LogP contribution in [0.2, 0.25) is 0 Å². The molecule has 0 aliphatic carbocycles.